The highest BCUT2D eigenvalue weighted by atomic mass is 16.5. The molecule has 0 aliphatic rings. The topological polar surface area (TPSA) is 125 Å². The van der Waals surface area contributed by atoms with Crippen molar-refractivity contribution in [2.75, 3.05) is 12.4 Å². The summed E-state index contributed by atoms with van der Waals surface area (Å²) in [5.74, 6) is -2.22. The number of carboxylic acid groups (broad SMARTS) is 1. The number of hydrogen-bond acceptors (Lipinski definition) is 5. The number of carbonyl (C=O) groups excluding carboxylic acids is 2. The van der Waals surface area contributed by atoms with Gasteiger partial charge in [-0.2, -0.15) is 0 Å². The number of aromatic hydroxyl groups is 1. The molecule has 0 aliphatic carbocycles. The zero-order valence-corrected chi connectivity index (χ0v) is 10.8. The largest absolute Gasteiger partial charge is 0.506 e. The normalized spacial score (nSPS) is 11.3. The molecule has 0 heterocycles. The molecular weight excluding hydrogens is 268 g/mol. The van der Waals surface area contributed by atoms with E-state index in [0.717, 1.165) is 6.07 Å². The van der Waals surface area contributed by atoms with Gasteiger partial charge in [0.2, 0.25) is 0 Å². The summed E-state index contributed by atoms with van der Waals surface area (Å²) in [5.41, 5.74) is -0.0963. The van der Waals surface area contributed by atoms with Gasteiger partial charge in [-0.25, -0.2) is 14.4 Å². The first kappa shape index (κ1) is 15.3. The van der Waals surface area contributed by atoms with Crippen molar-refractivity contribution in [1.82, 2.24) is 5.32 Å². The van der Waals surface area contributed by atoms with Gasteiger partial charge in [-0.1, -0.05) is 0 Å². The number of benzene rings is 1. The van der Waals surface area contributed by atoms with Gasteiger partial charge in [0.1, 0.15) is 11.8 Å². The number of anilines is 1. The molecule has 1 unspecified atom stereocenters. The summed E-state index contributed by atoms with van der Waals surface area (Å²) in [4.78, 5) is 33.3. The van der Waals surface area contributed by atoms with Crippen molar-refractivity contribution >= 4 is 23.7 Å². The number of methoxy groups -OCH3 is 1. The summed E-state index contributed by atoms with van der Waals surface area (Å²) in [6.45, 7) is 1.43. The summed E-state index contributed by atoms with van der Waals surface area (Å²) in [5, 5.41) is 22.9. The van der Waals surface area contributed by atoms with E-state index in [9.17, 15) is 19.5 Å². The third-order valence-electron chi connectivity index (χ3n) is 2.40. The average Bonchev–Trinajstić information content (AvgIpc) is 2.39. The molecule has 1 rings (SSSR count). The fourth-order valence-corrected chi connectivity index (χ4v) is 1.36. The van der Waals surface area contributed by atoms with Crippen molar-refractivity contribution in [3.05, 3.63) is 23.8 Å². The van der Waals surface area contributed by atoms with Gasteiger partial charge in [0.15, 0.2) is 0 Å². The number of phenols is 1. The fraction of sp³-hybridized carbons (Fsp3) is 0.250. The van der Waals surface area contributed by atoms with Crippen molar-refractivity contribution in [2.45, 2.75) is 13.0 Å². The van der Waals surface area contributed by atoms with Gasteiger partial charge in [-0.15, -0.1) is 0 Å². The molecule has 2 amide bonds. The predicted octanol–water partition coefficient (Wildman–Crippen LogP) is 0.773. The lowest BCUT2D eigenvalue weighted by molar-refractivity contribution is -0.142. The maximum Gasteiger partial charge on any atom is 0.335 e. The molecule has 0 saturated carbocycles. The van der Waals surface area contributed by atoms with E-state index in [-0.39, 0.29) is 11.3 Å². The highest BCUT2D eigenvalue weighted by molar-refractivity contribution is 5.95. The maximum atomic E-state index is 11.6. The van der Waals surface area contributed by atoms with E-state index in [0.29, 0.717) is 0 Å². The summed E-state index contributed by atoms with van der Waals surface area (Å²) in [6, 6.07) is 1.87. The minimum atomic E-state index is -1.20. The number of aromatic carboxylic acids is 1. The van der Waals surface area contributed by atoms with E-state index < -0.39 is 29.8 Å². The molecule has 0 bridgehead atoms. The van der Waals surface area contributed by atoms with Crippen LogP contribution >= 0.6 is 0 Å². The Morgan fingerprint density at radius 1 is 1.30 bits per heavy atom. The van der Waals surface area contributed by atoms with Crippen LogP contribution in [0.1, 0.15) is 17.3 Å². The molecule has 0 fully saturated rings. The van der Waals surface area contributed by atoms with Gasteiger partial charge in [0.05, 0.1) is 18.4 Å². The van der Waals surface area contributed by atoms with Gasteiger partial charge in [0.25, 0.3) is 0 Å². The number of urea groups is 1. The maximum absolute atomic E-state index is 11.6. The fourth-order valence-electron chi connectivity index (χ4n) is 1.36. The highest BCUT2D eigenvalue weighted by Crippen LogP contribution is 2.24. The van der Waals surface area contributed by atoms with Gasteiger partial charge >= 0.3 is 18.0 Å². The van der Waals surface area contributed by atoms with Crippen LogP contribution in [0.2, 0.25) is 0 Å². The molecule has 4 N–H and O–H groups in total. The Hall–Kier alpha value is -2.77. The summed E-state index contributed by atoms with van der Waals surface area (Å²) >= 11 is 0. The lowest BCUT2D eigenvalue weighted by Crippen LogP contribution is -2.41. The van der Waals surface area contributed by atoms with E-state index in [1.807, 2.05) is 0 Å². The molecule has 108 valence electrons. The van der Waals surface area contributed by atoms with Crippen LogP contribution in [-0.4, -0.2) is 41.3 Å². The minimum Gasteiger partial charge on any atom is -0.506 e. The van der Waals surface area contributed by atoms with E-state index in [1.165, 1.54) is 26.2 Å². The summed E-state index contributed by atoms with van der Waals surface area (Å²) < 4.78 is 4.43. The zero-order chi connectivity index (χ0) is 15.3. The lowest BCUT2D eigenvalue weighted by Gasteiger charge is -2.13. The Kier molecular flexibility index (Phi) is 4.90. The number of ether oxygens (including phenoxy) is 1. The molecule has 0 spiro atoms. The van der Waals surface area contributed by atoms with Crippen LogP contribution in [-0.2, 0) is 9.53 Å². The quantitative estimate of drug-likeness (QED) is 0.477. The standard InChI is InChI=1S/C12H14N2O6/c1-6(11(18)20-2)13-12(19)14-8-4-3-7(10(16)17)5-9(8)15/h3-6,15H,1-2H3,(H,16,17)(H2,13,14,19). The molecule has 0 saturated heterocycles. The molecule has 1 aromatic rings. The Morgan fingerprint density at radius 2 is 1.95 bits per heavy atom. The molecule has 20 heavy (non-hydrogen) atoms. The Morgan fingerprint density at radius 3 is 2.45 bits per heavy atom. The molecule has 1 aromatic carbocycles. The molecule has 0 aliphatic heterocycles. The van der Waals surface area contributed by atoms with Crippen LogP contribution in [0.25, 0.3) is 0 Å². The van der Waals surface area contributed by atoms with Gasteiger partial charge in [-0.05, 0) is 25.1 Å². The summed E-state index contributed by atoms with van der Waals surface area (Å²) in [7, 11) is 1.19. The second-order valence-electron chi connectivity index (χ2n) is 3.88. The second kappa shape index (κ2) is 6.41. The number of phenolic OH excluding ortho intramolecular Hbond substituents is 1. The van der Waals surface area contributed by atoms with Crippen molar-refractivity contribution in [3.8, 4) is 5.75 Å². The van der Waals surface area contributed by atoms with Crippen molar-refractivity contribution in [1.29, 1.82) is 0 Å². The predicted molar refractivity (Wildman–Crippen MR) is 68.7 cm³/mol. The Balaban J connectivity index is 2.71. The van der Waals surface area contributed by atoms with Gasteiger partial charge in [-0.3, -0.25) is 0 Å². The monoisotopic (exact) mass is 282 g/mol. The van der Waals surface area contributed by atoms with Crippen LogP contribution in [0.5, 0.6) is 5.75 Å². The van der Waals surface area contributed by atoms with Gasteiger partial charge < -0.3 is 25.6 Å². The number of hydrogen-bond donors (Lipinski definition) is 4. The number of carboxylic acids is 1. The minimum absolute atomic E-state index is 0.0181. The smallest absolute Gasteiger partial charge is 0.335 e. The third-order valence-corrected chi connectivity index (χ3v) is 2.40. The van der Waals surface area contributed by atoms with Crippen molar-refractivity contribution in [3.63, 3.8) is 0 Å². The number of esters is 1. The number of carbonyl (C=O) groups is 3. The summed E-state index contributed by atoms with van der Waals surface area (Å²) in [6.07, 6.45) is 0. The molecule has 8 heteroatoms. The first-order valence-electron chi connectivity index (χ1n) is 5.56. The van der Waals surface area contributed by atoms with Crippen LogP contribution in [0.3, 0.4) is 0 Å². The molecule has 8 nitrogen and oxygen atoms in total. The van der Waals surface area contributed by atoms with Crippen LogP contribution in [0, 0.1) is 0 Å². The number of nitrogens with one attached hydrogen (secondary N) is 2. The molecule has 1 atom stereocenters. The van der Waals surface area contributed by atoms with E-state index in [2.05, 4.69) is 15.4 Å². The zero-order valence-electron chi connectivity index (χ0n) is 10.8. The van der Waals surface area contributed by atoms with Crippen LogP contribution in [0.4, 0.5) is 10.5 Å². The molecule has 0 aromatic heterocycles. The lowest BCUT2D eigenvalue weighted by atomic mass is 10.2. The van der Waals surface area contributed by atoms with E-state index >= 15 is 0 Å². The Labute approximate surface area is 114 Å². The first-order chi connectivity index (χ1) is 9.35. The van der Waals surface area contributed by atoms with E-state index in [4.69, 9.17) is 5.11 Å². The number of rotatable bonds is 4. The molecular formula is C12H14N2O6. The molecule has 0 radical (unpaired) electrons. The highest BCUT2D eigenvalue weighted by Gasteiger charge is 2.16. The number of amides is 2. The Bertz CT molecular complexity index is 543. The van der Waals surface area contributed by atoms with Crippen LogP contribution < -0.4 is 10.6 Å². The van der Waals surface area contributed by atoms with Crippen LogP contribution in [0.15, 0.2) is 18.2 Å². The van der Waals surface area contributed by atoms with Crippen molar-refractivity contribution in [2.24, 2.45) is 0 Å². The van der Waals surface area contributed by atoms with Crippen molar-refractivity contribution < 1.29 is 29.3 Å². The first-order valence-corrected chi connectivity index (χ1v) is 5.56. The second-order valence-corrected chi connectivity index (χ2v) is 3.88. The van der Waals surface area contributed by atoms with Gasteiger partial charge in [0, 0.05) is 0 Å². The van der Waals surface area contributed by atoms with E-state index in [1.54, 1.807) is 0 Å². The average molecular weight is 282 g/mol. The third kappa shape index (κ3) is 3.87. The SMILES string of the molecule is COC(=O)C(C)NC(=O)Nc1ccc(C(=O)O)cc1O.